The van der Waals surface area contributed by atoms with Crippen molar-refractivity contribution in [3.8, 4) is 11.5 Å². The van der Waals surface area contributed by atoms with Gasteiger partial charge in [-0.2, -0.15) is 0 Å². The second-order valence-corrected chi connectivity index (χ2v) is 13.1. The third-order valence-electron chi connectivity index (χ3n) is 7.80. The molecule has 1 N–H and O–H groups in total. The Morgan fingerprint density at radius 3 is 2.15 bits per heavy atom. The van der Waals surface area contributed by atoms with Gasteiger partial charge in [0.2, 0.25) is 11.8 Å². The predicted octanol–water partition coefficient (Wildman–Crippen LogP) is 5.76. The number of amides is 2. The lowest BCUT2D eigenvalue weighted by molar-refractivity contribution is -0.140. The van der Waals surface area contributed by atoms with Gasteiger partial charge in [-0.3, -0.25) is 13.9 Å². The van der Waals surface area contributed by atoms with Crippen LogP contribution in [0.25, 0.3) is 0 Å². The van der Waals surface area contributed by atoms with Crippen molar-refractivity contribution in [1.29, 1.82) is 0 Å². The third kappa shape index (κ3) is 9.13. The van der Waals surface area contributed by atoms with Gasteiger partial charge in [-0.05, 0) is 48.7 Å². The summed E-state index contributed by atoms with van der Waals surface area (Å²) < 4.78 is 40.7. The number of hydrogen-bond donors (Lipinski definition) is 1. The fourth-order valence-corrected chi connectivity index (χ4v) is 6.73. The number of nitrogens with zero attached hydrogens (tertiary/aromatic N) is 2. The number of nitrogens with one attached hydrogen (secondary N) is 1. The van der Waals surface area contributed by atoms with Gasteiger partial charge in [-0.15, -0.1) is 0 Å². The van der Waals surface area contributed by atoms with Crippen LogP contribution in [0.15, 0.2) is 108 Å². The number of sulfonamides is 1. The van der Waals surface area contributed by atoms with Gasteiger partial charge in [0.05, 0.1) is 24.8 Å². The minimum atomic E-state index is -4.29. The van der Waals surface area contributed by atoms with Gasteiger partial charge in [-0.1, -0.05) is 91.7 Å². The topological polar surface area (TPSA) is 105 Å². The van der Waals surface area contributed by atoms with Gasteiger partial charge < -0.3 is 19.7 Å². The molecule has 47 heavy (non-hydrogen) atoms. The molecular formula is C37H43N3O6S. The summed E-state index contributed by atoms with van der Waals surface area (Å²) in [6.45, 7) is 3.95. The van der Waals surface area contributed by atoms with Crippen molar-refractivity contribution in [2.24, 2.45) is 0 Å². The van der Waals surface area contributed by atoms with E-state index >= 15 is 0 Å². The Kier molecular flexibility index (Phi) is 12.4. The summed E-state index contributed by atoms with van der Waals surface area (Å²) in [6, 6.07) is 29.0. The molecule has 4 aromatic rings. The lowest BCUT2D eigenvalue weighted by Crippen LogP contribution is -2.53. The molecule has 0 aliphatic rings. The van der Waals surface area contributed by atoms with Crippen molar-refractivity contribution < 1.29 is 27.5 Å². The van der Waals surface area contributed by atoms with Crippen LogP contribution < -0.4 is 19.1 Å². The second-order valence-electron chi connectivity index (χ2n) is 11.2. The summed E-state index contributed by atoms with van der Waals surface area (Å²) in [5.74, 6) is -0.237. The lowest BCUT2D eigenvalue weighted by atomic mass is 10.0. The van der Waals surface area contributed by atoms with Gasteiger partial charge in [0.1, 0.15) is 24.1 Å². The SMILES string of the molecule is CCCCNC(=O)[C@@H](Cc1ccccc1)N(Cc1cccc(C)c1)C(=O)CN(c1cc(OC)ccc1OC)S(=O)(=O)c1ccccc1. The standard InChI is InChI=1S/C37H43N3O6S/c1-5-6-22-38-37(42)34(24-29-15-9-7-10-16-29)39(26-30-17-13-14-28(2)23-30)36(41)27-40(47(43,44)32-18-11-8-12-19-32)33-25-31(45-3)20-21-35(33)46-4/h7-21,23,25,34H,5-6,22,24,26-27H2,1-4H3,(H,38,42)/t34-/m1/s1. The number of benzene rings is 4. The summed E-state index contributed by atoms with van der Waals surface area (Å²) in [5, 5.41) is 3.01. The monoisotopic (exact) mass is 657 g/mol. The molecule has 0 aliphatic heterocycles. The molecule has 0 radical (unpaired) electrons. The average Bonchev–Trinajstić information content (AvgIpc) is 3.09. The van der Waals surface area contributed by atoms with Crippen LogP contribution in [0.4, 0.5) is 5.69 Å². The van der Waals surface area contributed by atoms with Crippen molar-refractivity contribution in [3.63, 3.8) is 0 Å². The zero-order valence-corrected chi connectivity index (χ0v) is 28.2. The van der Waals surface area contributed by atoms with E-state index in [1.165, 1.54) is 37.3 Å². The van der Waals surface area contributed by atoms with Crippen molar-refractivity contribution in [2.45, 2.75) is 50.6 Å². The molecule has 0 aliphatic carbocycles. The first-order valence-corrected chi connectivity index (χ1v) is 17.1. The number of anilines is 1. The molecule has 248 valence electrons. The summed E-state index contributed by atoms with van der Waals surface area (Å²) >= 11 is 0. The zero-order chi connectivity index (χ0) is 33.8. The molecule has 0 bridgehead atoms. The average molecular weight is 658 g/mol. The van der Waals surface area contributed by atoms with Crippen molar-refractivity contribution in [1.82, 2.24) is 10.2 Å². The minimum absolute atomic E-state index is 0.000973. The Morgan fingerprint density at radius 1 is 0.830 bits per heavy atom. The van der Waals surface area contributed by atoms with Crippen LogP contribution in [0.5, 0.6) is 11.5 Å². The highest BCUT2D eigenvalue weighted by molar-refractivity contribution is 7.92. The zero-order valence-electron chi connectivity index (χ0n) is 27.4. The first-order valence-electron chi connectivity index (χ1n) is 15.6. The van der Waals surface area contributed by atoms with Gasteiger partial charge >= 0.3 is 0 Å². The molecule has 0 spiro atoms. The Bertz CT molecular complexity index is 1730. The summed E-state index contributed by atoms with van der Waals surface area (Å²) in [6.07, 6.45) is 1.92. The molecular weight excluding hydrogens is 614 g/mol. The maximum absolute atomic E-state index is 14.7. The molecule has 9 nitrogen and oxygen atoms in total. The Labute approximate surface area is 278 Å². The van der Waals surface area contributed by atoms with E-state index in [9.17, 15) is 18.0 Å². The van der Waals surface area contributed by atoms with Crippen LogP contribution >= 0.6 is 0 Å². The quantitative estimate of drug-likeness (QED) is 0.154. The second kappa shape index (κ2) is 16.6. The molecule has 10 heteroatoms. The van der Waals surface area contributed by atoms with Gasteiger partial charge in [0, 0.05) is 25.6 Å². The molecule has 0 saturated heterocycles. The fraction of sp³-hybridized carbons (Fsp3) is 0.297. The van der Waals surface area contributed by atoms with Crippen LogP contribution in [-0.4, -0.2) is 58.5 Å². The van der Waals surface area contributed by atoms with Crippen LogP contribution in [0.1, 0.15) is 36.5 Å². The molecule has 0 unspecified atom stereocenters. The van der Waals surface area contributed by atoms with Crippen LogP contribution in [-0.2, 0) is 32.6 Å². The number of carbonyl (C=O) groups is 2. The van der Waals surface area contributed by atoms with Crippen LogP contribution in [0.2, 0.25) is 0 Å². The number of methoxy groups -OCH3 is 2. The molecule has 4 aromatic carbocycles. The molecule has 4 rings (SSSR count). The third-order valence-corrected chi connectivity index (χ3v) is 9.57. The van der Waals surface area contributed by atoms with E-state index < -0.39 is 28.5 Å². The fourth-order valence-electron chi connectivity index (χ4n) is 5.29. The maximum Gasteiger partial charge on any atom is 0.264 e. The van der Waals surface area contributed by atoms with Crippen molar-refractivity contribution >= 4 is 27.5 Å². The minimum Gasteiger partial charge on any atom is -0.497 e. The highest BCUT2D eigenvalue weighted by Crippen LogP contribution is 2.36. The smallest absolute Gasteiger partial charge is 0.264 e. The van der Waals surface area contributed by atoms with E-state index in [2.05, 4.69) is 5.32 Å². The summed E-state index contributed by atoms with van der Waals surface area (Å²) in [7, 11) is -1.39. The van der Waals surface area contributed by atoms with Gasteiger partial charge in [0.15, 0.2) is 0 Å². The first kappa shape index (κ1) is 35.0. The largest absolute Gasteiger partial charge is 0.497 e. The van der Waals surface area contributed by atoms with Crippen molar-refractivity contribution in [3.05, 3.63) is 120 Å². The predicted molar refractivity (Wildman–Crippen MR) is 184 cm³/mol. The Morgan fingerprint density at radius 2 is 1.51 bits per heavy atom. The van der Waals surface area contributed by atoms with E-state index in [1.54, 1.807) is 30.3 Å². The van der Waals surface area contributed by atoms with E-state index in [0.717, 1.165) is 33.8 Å². The highest BCUT2D eigenvalue weighted by Gasteiger charge is 2.35. The van der Waals surface area contributed by atoms with Gasteiger partial charge in [0.25, 0.3) is 10.0 Å². The van der Waals surface area contributed by atoms with Crippen LogP contribution in [0, 0.1) is 6.92 Å². The van der Waals surface area contributed by atoms with Gasteiger partial charge in [-0.25, -0.2) is 8.42 Å². The molecule has 2 amide bonds. The molecule has 0 heterocycles. The Hall–Kier alpha value is -4.83. The molecule has 0 saturated carbocycles. The number of carbonyl (C=O) groups excluding carboxylic acids is 2. The first-order chi connectivity index (χ1) is 22.7. The Balaban J connectivity index is 1.84. The number of rotatable bonds is 16. The van der Waals surface area contributed by atoms with E-state index in [1.807, 2.05) is 68.4 Å². The van der Waals surface area contributed by atoms with Crippen molar-refractivity contribution in [2.75, 3.05) is 31.6 Å². The number of aryl methyl sites for hydroxylation is 1. The molecule has 1 atom stereocenters. The number of hydrogen-bond acceptors (Lipinski definition) is 6. The van der Waals surface area contributed by atoms with E-state index in [-0.39, 0.29) is 35.2 Å². The van der Waals surface area contributed by atoms with Crippen LogP contribution in [0.3, 0.4) is 0 Å². The maximum atomic E-state index is 14.7. The molecule has 0 aromatic heterocycles. The summed E-state index contributed by atoms with van der Waals surface area (Å²) in [5.41, 5.74) is 2.81. The lowest BCUT2D eigenvalue weighted by Gasteiger charge is -2.34. The molecule has 0 fully saturated rings. The number of unbranched alkanes of at least 4 members (excludes halogenated alkanes) is 1. The summed E-state index contributed by atoms with van der Waals surface area (Å²) in [4.78, 5) is 30.1. The van der Waals surface area contributed by atoms with E-state index in [0.29, 0.717) is 12.3 Å². The number of ether oxygens (including phenoxy) is 2. The van der Waals surface area contributed by atoms with E-state index in [4.69, 9.17) is 9.47 Å². The highest BCUT2D eigenvalue weighted by atomic mass is 32.2. The normalized spacial score (nSPS) is 11.7.